The Balaban J connectivity index is 1.77. The van der Waals surface area contributed by atoms with Gasteiger partial charge in [0.2, 0.25) is 5.91 Å². The number of fused-ring (bicyclic) bond motifs is 1. The third-order valence-electron chi connectivity index (χ3n) is 4.36. The minimum Gasteiger partial charge on any atom is -0.494 e. The molecule has 0 aliphatic carbocycles. The van der Waals surface area contributed by atoms with Crippen LogP contribution >= 0.6 is 11.8 Å². The molecular formula is C20H22FN3O2S. The molecule has 1 aromatic heterocycles. The molecule has 0 atom stereocenters. The minimum atomic E-state index is -0.432. The molecule has 142 valence electrons. The number of carbonyl (C=O) groups is 1. The number of hydrogen-bond acceptors (Lipinski definition) is 4. The van der Waals surface area contributed by atoms with Gasteiger partial charge in [-0.05, 0) is 36.1 Å². The molecule has 0 bridgehead atoms. The van der Waals surface area contributed by atoms with E-state index in [-0.39, 0.29) is 18.2 Å². The van der Waals surface area contributed by atoms with Crippen LogP contribution in [0.1, 0.15) is 11.4 Å². The molecule has 2 aromatic carbocycles. The lowest BCUT2D eigenvalue weighted by molar-refractivity contribution is -0.131. The maximum Gasteiger partial charge on any atom is 0.242 e. The number of para-hydroxylation sites is 2. The molecule has 5 nitrogen and oxygen atoms in total. The normalized spacial score (nSPS) is 11.0. The van der Waals surface area contributed by atoms with Gasteiger partial charge < -0.3 is 14.2 Å². The van der Waals surface area contributed by atoms with Crippen LogP contribution in [0.15, 0.2) is 42.5 Å². The Morgan fingerprint density at radius 1 is 1.30 bits per heavy atom. The first-order chi connectivity index (χ1) is 13.0. The number of thioether (sulfide) groups is 1. The molecule has 3 rings (SSSR count). The predicted molar refractivity (Wildman–Crippen MR) is 106 cm³/mol. The lowest BCUT2D eigenvalue weighted by Gasteiger charge is -2.19. The number of benzene rings is 2. The lowest BCUT2D eigenvalue weighted by atomic mass is 10.2. The lowest BCUT2D eigenvalue weighted by Crippen LogP contribution is -2.30. The number of likely N-dealkylation sites (N-methyl/N-ethyl adjacent to an activating group) is 1. The summed E-state index contributed by atoms with van der Waals surface area (Å²) in [4.78, 5) is 19.0. The Morgan fingerprint density at radius 3 is 2.78 bits per heavy atom. The van der Waals surface area contributed by atoms with Crippen molar-refractivity contribution in [3.05, 3.63) is 59.7 Å². The first-order valence-electron chi connectivity index (χ1n) is 8.53. The average Bonchev–Trinajstić information content (AvgIpc) is 2.99. The molecule has 0 radical (unpaired) electrons. The Morgan fingerprint density at radius 2 is 2.07 bits per heavy atom. The molecule has 1 heterocycles. The van der Waals surface area contributed by atoms with Crippen LogP contribution in [0.5, 0.6) is 5.75 Å². The van der Waals surface area contributed by atoms with Gasteiger partial charge in [0.1, 0.15) is 12.4 Å². The van der Waals surface area contributed by atoms with Crippen molar-refractivity contribution in [2.45, 2.75) is 18.8 Å². The minimum absolute atomic E-state index is 0.0586. The average molecular weight is 387 g/mol. The fourth-order valence-electron chi connectivity index (χ4n) is 2.97. The summed E-state index contributed by atoms with van der Waals surface area (Å²) in [5.41, 5.74) is 2.54. The van der Waals surface area contributed by atoms with Crippen molar-refractivity contribution in [3.8, 4) is 5.75 Å². The Kier molecular flexibility index (Phi) is 6.01. The molecule has 0 fully saturated rings. The molecule has 0 aliphatic rings. The molecule has 1 amide bonds. The van der Waals surface area contributed by atoms with E-state index in [2.05, 4.69) is 4.98 Å². The zero-order valence-corrected chi connectivity index (χ0v) is 16.4. The highest BCUT2D eigenvalue weighted by molar-refractivity contribution is 7.97. The largest absolute Gasteiger partial charge is 0.494 e. The molecule has 0 aliphatic heterocycles. The highest BCUT2D eigenvalue weighted by atomic mass is 32.2. The fraction of sp³-hybridized carbons (Fsp3) is 0.300. The summed E-state index contributed by atoms with van der Waals surface area (Å²) in [6.07, 6.45) is 2.01. The van der Waals surface area contributed by atoms with E-state index in [9.17, 15) is 9.18 Å². The molecule has 0 saturated carbocycles. The molecule has 0 saturated heterocycles. The van der Waals surface area contributed by atoms with Crippen molar-refractivity contribution >= 4 is 28.7 Å². The van der Waals surface area contributed by atoms with Gasteiger partial charge in [-0.3, -0.25) is 4.79 Å². The van der Waals surface area contributed by atoms with Gasteiger partial charge in [0.15, 0.2) is 11.6 Å². The second kappa shape index (κ2) is 8.43. The summed E-state index contributed by atoms with van der Waals surface area (Å²) in [5.74, 6) is 1.31. The molecule has 27 heavy (non-hydrogen) atoms. The number of halogens is 1. The summed E-state index contributed by atoms with van der Waals surface area (Å²) >= 11 is 1.67. The Hall–Kier alpha value is -2.54. The summed E-state index contributed by atoms with van der Waals surface area (Å²) in [6.45, 7) is 0.524. The van der Waals surface area contributed by atoms with E-state index >= 15 is 0 Å². The van der Waals surface area contributed by atoms with Gasteiger partial charge in [0.25, 0.3) is 0 Å². The van der Waals surface area contributed by atoms with Crippen molar-refractivity contribution in [2.75, 3.05) is 20.4 Å². The number of carbonyl (C=O) groups excluding carboxylic acids is 1. The highest BCUT2D eigenvalue weighted by Crippen LogP contribution is 2.21. The van der Waals surface area contributed by atoms with E-state index in [4.69, 9.17) is 4.74 Å². The van der Waals surface area contributed by atoms with Gasteiger partial charge in [-0.2, -0.15) is 11.8 Å². The number of hydrogen-bond donors (Lipinski definition) is 0. The van der Waals surface area contributed by atoms with E-state index in [1.807, 2.05) is 35.1 Å². The van der Waals surface area contributed by atoms with Crippen LogP contribution in [-0.2, 0) is 23.6 Å². The first kappa shape index (κ1) is 19.2. The van der Waals surface area contributed by atoms with Crippen LogP contribution in [-0.4, -0.2) is 40.8 Å². The van der Waals surface area contributed by atoms with Crippen LogP contribution in [0.2, 0.25) is 0 Å². The van der Waals surface area contributed by atoms with E-state index < -0.39 is 5.82 Å². The maximum absolute atomic E-state index is 13.9. The van der Waals surface area contributed by atoms with Crippen LogP contribution in [0, 0.1) is 5.82 Å². The second-order valence-electron chi connectivity index (χ2n) is 6.25. The predicted octanol–water partition coefficient (Wildman–Crippen LogP) is 3.71. The molecule has 0 N–H and O–H groups in total. The summed E-state index contributed by atoms with van der Waals surface area (Å²) in [6, 6.07) is 12.5. The highest BCUT2D eigenvalue weighted by Gasteiger charge is 2.16. The van der Waals surface area contributed by atoms with Crippen LogP contribution in [0.3, 0.4) is 0 Å². The van der Waals surface area contributed by atoms with Gasteiger partial charge >= 0.3 is 0 Å². The van der Waals surface area contributed by atoms with Gasteiger partial charge in [0, 0.05) is 13.6 Å². The first-order valence-corrected chi connectivity index (χ1v) is 9.92. The topological polar surface area (TPSA) is 47.4 Å². The van der Waals surface area contributed by atoms with Gasteiger partial charge in [0.05, 0.1) is 23.9 Å². The zero-order chi connectivity index (χ0) is 19.4. The van der Waals surface area contributed by atoms with Crippen LogP contribution in [0.4, 0.5) is 4.39 Å². The maximum atomic E-state index is 13.9. The molecule has 0 spiro atoms. The van der Waals surface area contributed by atoms with E-state index in [0.717, 1.165) is 22.6 Å². The monoisotopic (exact) mass is 387 g/mol. The van der Waals surface area contributed by atoms with Gasteiger partial charge in [-0.15, -0.1) is 0 Å². The smallest absolute Gasteiger partial charge is 0.242 e. The summed E-state index contributed by atoms with van der Waals surface area (Å²) in [5, 5.41) is 0. The number of amides is 1. The van der Waals surface area contributed by atoms with Crippen molar-refractivity contribution < 1.29 is 13.9 Å². The van der Waals surface area contributed by atoms with E-state index in [1.54, 1.807) is 35.8 Å². The van der Waals surface area contributed by atoms with Gasteiger partial charge in [-0.1, -0.05) is 18.2 Å². The molecule has 7 heteroatoms. The third kappa shape index (κ3) is 4.24. The zero-order valence-electron chi connectivity index (χ0n) is 15.6. The fourth-order valence-corrected chi connectivity index (χ4v) is 3.45. The molecular weight excluding hydrogens is 365 g/mol. The van der Waals surface area contributed by atoms with Crippen LogP contribution < -0.4 is 4.74 Å². The number of nitrogens with zero attached hydrogens (tertiary/aromatic N) is 3. The molecule has 0 unspecified atom stereocenters. The number of rotatable bonds is 7. The van der Waals surface area contributed by atoms with Crippen molar-refractivity contribution in [3.63, 3.8) is 0 Å². The Labute approximate surface area is 162 Å². The third-order valence-corrected chi connectivity index (χ3v) is 4.91. The van der Waals surface area contributed by atoms with Crippen molar-refractivity contribution in [2.24, 2.45) is 0 Å². The summed E-state index contributed by atoms with van der Waals surface area (Å²) in [7, 11) is 3.15. The number of ether oxygens (including phenoxy) is 1. The van der Waals surface area contributed by atoms with Crippen molar-refractivity contribution in [1.29, 1.82) is 0 Å². The number of imidazole rings is 1. The molecule has 3 aromatic rings. The second-order valence-corrected chi connectivity index (χ2v) is 7.12. The standard InChI is InChI=1S/C20H22FN3O2S/c1-23(11-14-8-9-18(26-2)15(21)10-14)20(25)12-24-17-7-5-4-6-16(17)22-19(24)13-27-3/h4-10H,11-13H2,1-3H3. The van der Waals surface area contributed by atoms with Crippen LogP contribution in [0.25, 0.3) is 11.0 Å². The van der Waals surface area contributed by atoms with Crippen molar-refractivity contribution in [1.82, 2.24) is 14.5 Å². The summed E-state index contributed by atoms with van der Waals surface area (Å²) < 4.78 is 20.8. The van der Waals surface area contributed by atoms with E-state index in [0.29, 0.717) is 12.1 Å². The number of methoxy groups -OCH3 is 1. The SMILES string of the molecule is COc1ccc(CN(C)C(=O)Cn2c(CSC)nc3ccccc32)cc1F. The quantitative estimate of drug-likeness (QED) is 0.620. The Bertz CT molecular complexity index is 958. The number of aromatic nitrogens is 2. The van der Waals surface area contributed by atoms with Gasteiger partial charge in [-0.25, -0.2) is 9.37 Å². The van der Waals surface area contributed by atoms with E-state index in [1.165, 1.54) is 13.2 Å².